The number of halogens is 2. The Morgan fingerprint density at radius 3 is 2.37 bits per heavy atom. The van der Waals surface area contributed by atoms with Gasteiger partial charge in [0.15, 0.2) is 17.4 Å². The predicted molar refractivity (Wildman–Crippen MR) is 72.6 cm³/mol. The molecule has 0 saturated carbocycles. The maximum absolute atomic E-state index is 13.8. The van der Waals surface area contributed by atoms with E-state index in [1.54, 1.807) is 36.6 Å². The largest absolute Gasteiger partial charge is 0.294 e. The summed E-state index contributed by atoms with van der Waals surface area (Å²) in [5, 5.41) is 0. The Morgan fingerprint density at radius 1 is 1.05 bits per heavy atom. The maximum Gasteiger partial charge on any atom is 0.172 e. The molecular formula is C15H12F2OS. The van der Waals surface area contributed by atoms with E-state index in [0.29, 0.717) is 5.56 Å². The van der Waals surface area contributed by atoms with Crippen LogP contribution in [0, 0.1) is 11.6 Å². The van der Waals surface area contributed by atoms with Crippen LogP contribution in [0.2, 0.25) is 0 Å². The molecule has 0 heterocycles. The lowest BCUT2D eigenvalue weighted by molar-refractivity contribution is 0.0991. The van der Waals surface area contributed by atoms with Crippen molar-refractivity contribution in [1.29, 1.82) is 0 Å². The highest BCUT2D eigenvalue weighted by molar-refractivity contribution is 7.98. The SMILES string of the molecule is CSc1ccc(CC(=O)c2ccccc2)c(F)c1F. The highest BCUT2D eigenvalue weighted by Gasteiger charge is 2.16. The summed E-state index contributed by atoms with van der Waals surface area (Å²) < 4.78 is 27.4. The average Bonchev–Trinajstić information content (AvgIpc) is 2.45. The lowest BCUT2D eigenvalue weighted by Gasteiger charge is -2.06. The second-order valence-corrected chi connectivity index (χ2v) is 4.87. The first-order valence-corrected chi connectivity index (χ1v) is 6.95. The third kappa shape index (κ3) is 3.01. The molecule has 0 atom stereocenters. The number of benzene rings is 2. The monoisotopic (exact) mass is 278 g/mol. The maximum atomic E-state index is 13.8. The van der Waals surface area contributed by atoms with Crippen LogP contribution in [-0.2, 0) is 6.42 Å². The molecule has 98 valence electrons. The molecule has 0 fully saturated rings. The summed E-state index contributed by atoms with van der Waals surface area (Å²) in [6, 6.07) is 11.5. The lowest BCUT2D eigenvalue weighted by Crippen LogP contribution is -2.06. The van der Waals surface area contributed by atoms with E-state index in [2.05, 4.69) is 0 Å². The van der Waals surface area contributed by atoms with Crippen molar-refractivity contribution in [2.45, 2.75) is 11.3 Å². The van der Waals surface area contributed by atoms with Gasteiger partial charge in [0.2, 0.25) is 0 Å². The van der Waals surface area contributed by atoms with Gasteiger partial charge in [-0.2, -0.15) is 0 Å². The zero-order valence-corrected chi connectivity index (χ0v) is 11.1. The molecule has 0 spiro atoms. The van der Waals surface area contributed by atoms with Crippen molar-refractivity contribution in [3.63, 3.8) is 0 Å². The Bertz CT molecular complexity index is 597. The van der Waals surface area contributed by atoms with Crippen molar-refractivity contribution in [1.82, 2.24) is 0 Å². The summed E-state index contributed by atoms with van der Waals surface area (Å²) in [6.07, 6.45) is 1.54. The molecule has 19 heavy (non-hydrogen) atoms. The van der Waals surface area contributed by atoms with E-state index in [-0.39, 0.29) is 22.7 Å². The highest BCUT2D eigenvalue weighted by atomic mass is 32.2. The molecule has 0 N–H and O–H groups in total. The zero-order chi connectivity index (χ0) is 13.8. The van der Waals surface area contributed by atoms with E-state index in [1.807, 2.05) is 0 Å². The van der Waals surface area contributed by atoms with Crippen LogP contribution in [0.3, 0.4) is 0 Å². The topological polar surface area (TPSA) is 17.1 Å². The molecule has 2 rings (SSSR count). The average molecular weight is 278 g/mol. The summed E-state index contributed by atoms with van der Waals surface area (Å²) in [5.41, 5.74) is 0.584. The van der Waals surface area contributed by atoms with Crippen molar-refractivity contribution in [2.24, 2.45) is 0 Å². The quantitative estimate of drug-likeness (QED) is 0.618. The van der Waals surface area contributed by atoms with Gasteiger partial charge in [0, 0.05) is 16.9 Å². The second-order valence-electron chi connectivity index (χ2n) is 4.02. The minimum atomic E-state index is -0.934. The van der Waals surface area contributed by atoms with Crippen molar-refractivity contribution in [3.05, 3.63) is 65.2 Å². The molecule has 4 heteroatoms. The smallest absolute Gasteiger partial charge is 0.172 e. The molecule has 0 aliphatic carbocycles. The van der Waals surface area contributed by atoms with Crippen molar-refractivity contribution >= 4 is 17.5 Å². The van der Waals surface area contributed by atoms with E-state index in [4.69, 9.17) is 0 Å². The number of ketones is 1. The number of hydrogen-bond donors (Lipinski definition) is 0. The molecule has 1 nitrogen and oxygen atoms in total. The van der Waals surface area contributed by atoms with Gasteiger partial charge in [-0.25, -0.2) is 8.78 Å². The number of hydrogen-bond acceptors (Lipinski definition) is 2. The van der Waals surface area contributed by atoms with Crippen LogP contribution in [-0.4, -0.2) is 12.0 Å². The van der Waals surface area contributed by atoms with E-state index in [0.717, 1.165) is 11.8 Å². The van der Waals surface area contributed by atoms with Gasteiger partial charge in [-0.15, -0.1) is 11.8 Å². The first-order valence-electron chi connectivity index (χ1n) is 5.72. The predicted octanol–water partition coefficient (Wildman–Crippen LogP) is 4.11. The third-order valence-corrected chi connectivity index (χ3v) is 3.55. The Balaban J connectivity index is 2.25. The molecule has 0 unspecified atom stereocenters. The summed E-state index contributed by atoms with van der Waals surface area (Å²) in [4.78, 5) is 12.2. The Morgan fingerprint density at radius 2 is 1.74 bits per heavy atom. The van der Waals surface area contributed by atoms with Crippen LogP contribution in [0.25, 0.3) is 0 Å². The third-order valence-electron chi connectivity index (χ3n) is 2.79. The zero-order valence-electron chi connectivity index (χ0n) is 10.3. The molecule has 2 aromatic carbocycles. The van der Waals surface area contributed by atoms with Gasteiger partial charge in [-0.1, -0.05) is 36.4 Å². The summed E-state index contributed by atoms with van der Waals surface area (Å²) in [6.45, 7) is 0. The standard InChI is InChI=1S/C15H12F2OS/c1-19-13-8-7-11(14(16)15(13)17)9-12(18)10-5-3-2-4-6-10/h2-8H,9H2,1H3. The molecular weight excluding hydrogens is 266 g/mol. The fraction of sp³-hybridized carbons (Fsp3) is 0.133. The van der Waals surface area contributed by atoms with Crippen LogP contribution < -0.4 is 0 Å². The molecule has 0 aliphatic rings. The first kappa shape index (κ1) is 13.7. The number of rotatable bonds is 4. The minimum Gasteiger partial charge on any atom is -0.294 e. The molecule has 0 amide bonds. The summed E-state index contributed by atoms with van der Waals surface area (Å²) in [5.74, 6) is -2.04. The number of Topliss-reactive ketones (excluding diaryl/α,β-unsaturated/α-hetero) is 1. The minimum absolute atomic E-state index is 0.0872. The molecule has 2 aromatic rings. The fourth-order valence-corrected chi connectivity index (χ4v) is 2.24. The summed E-state index contributed by atoms with van der Waals surface area (Å²) in [7, 11) is 0. The first-order chi connectivity index (χ1) is 9.13. The highest BCUT2D eigenvalue weighted by Crippen LogP contribution is 2.24. The number of carbonyl (C=O) groups is 1. The molecule has 0 aliphatic heterocycles. The van der Waals surface area contributed by atoms with E-state index in [9.17, 15) is 13.6 Å². The van der Waals surface area contributed by atoms with Gasteiger partial charge >= 0.3 is 0 Å². The van der Waals surface area contributed by atoms with Crippen molar-refractivity contribution in [3.8, 4) is 0 Å². The van der Waals surface area contributed by atoms with Crippen LogP contribution in [0.5, 0.6) is 0 Å². The summed E-state index contributed by atoms with van der Waals surface area (Å²) >= 11 is 1.13. The van der Waals surface area contributed by atoms with E-state index >= 15 is 0 Å². The molecule has 0 bridgehead atoms. The van der Waals surface area contributed by atoms with Gasteiger partial charge < -0.3 is 0 Å². The fourth-order valence-electron chi connectivity index (χ4n) is 1.76. The normalized spacial score (nSPS) is 10.5. The van der Waals surface area contributed by atoms with Crippen LogP contribution >= 0.6 is 11.8 Å². The van der Waals surface area contributed by atoms with Crippen molar-refractivity contribution < 1.29 is 13.6 Å². The van der Waals surface area contributed by atoms with E-state index in [1.165, 1.54) is 12.1 Å². The van der Waals surface area contributed by atoms with Gasteiger partial charge in [0.25, 0.3) is 0 Å². The lowest BCUT2D eigenvalue weighted by atomic mass is 10.0. The number of carbonyl (C=O) groups excluding carboxylic acids is 1. The van der Waals surface area contributed by atoms with Crippen LogP contribution in [0.15, 0.2) is 47.4 Å². The van der Waals surface area contributed by atoms with Crippen LogP contribution in [0.1, 0.15) is 15.9 Å². The van der Waals surface area contributed by atoms with Gasteiger partial charge in [0.05, 0.1) is 0 Å². The van der Waals surface area contributed by atoms with E-state index < -0.39 is 11.6 Å². The molecule has 0 saturated heterocycles. The van der Waals surface area contributed by atoms with Gasteiger partial charge in [-0.05, 0) is 17.9 Å². The number of thioether (sulfide) groups is 1. The van der Waals surface area contributed by atoms with Crippen molar-refractivity contribution in [2.75, 3.05) is 6.26 Å². The Labute approximate surface area is 114 Å². The van der Waals surface area contributed by atoms with Crippen LogP contribution in [0.4, 0.5) is 8.78 Å². The second kappa shape index (κ2) is 5.97. The van der Waals surface area contributed by atoms with Gasteiger partial charge in [-0.3, -0.25) is 4.79 Å². The van der Waals surface area contributed by atoms with Gasteiger partial charge in [0.1, 0.15) is 0 Å². The Hall–Kier alpha value is -1.68. The molecule has 0 radical (unpaired) electrons. The molecule has 0 aromatic heterocycles. The Kier molecular flexibility index (Phi) is 4.32.